The number of fused-ring (bicyclic) bond motifs is 1. The lowest BCUT2D eigenvalue weighted by Crippen LogP contribution is -2.13. The Bertz CT molecular complexity index is 797. The third kappa shape index (κ3) is 2.37. The molecule has 0 saturated carbocycles. The van der Waals surface area contributed by atoms with Gasteiger partial charge in [-0.3, -0.25) is 9.48 Å². The smallest absolute Gasteiger partial charge is 0.276 e. The topological polar surface area (TPSA) is 77.1 Å². The van der Waals surface area contributed by atoms with E-state index in [1.807, 2.05) is 26.1 Å². The predicted molar refractivity (Wildman–Crippen MR) is 78.3 cm³/mol. The molecule has 3 aromatic rings. The zero-order chi connectivity index (χ0) is 15.0. The number of rotatable bonds is 3. The summed E-state index contributed by atoms with van der Waals surface area (Å²) in [7, 11) is 1.80. The molecule has 3 heterocycles. The van der Waals surface area contributed by atoms with E-state index in [-0.39, 0.29) is 5.91 Å². The van der Waals surface area contributed by atoms with Crippen LogP contribution in [0.2, 0.25) is 0 Å². The SMILES string of the molecule is CCc1nc2c(NC(=O)c3cc(C)n(C)n3)cccn2n1. The number of nitrogens with zero attached hydrogens (tertiary/aromatic N) is 5. The Morgan fingerprint density at radius 1 is 1.38 bits per heavy atom. The number of pyridine rings is 1. The van der Waals surface area contributed by atoms with Crippen molar-refractivity contribution in [3.8, 4) is 0 Å². The number of nitrogens with one attached hydrogen (secondary N) is 1. The van der Waals surface area contributed by atoms with Gasteiger partial charge in [0.1, 0.15) is 0 Å². The Morgan fingerprint density at radius 2 is 2.19 bits per heavy atom. The average molecular weight is 284 g/mol. The molecule has 7 nitrogen and oxygen atoms in total. The largest absolute Gasteiger partial charge is 0.317 e. The first-order chi connectivity index (χ1) is 10.1. The monoisotopic (exact) mass is 284 g/mol. The van der Waals surface area contributed by atoms with E-state index in [2.05, 4.69) is 20.5 Å². The number of amides is 1. The fraction of sp³-hybridized carbons (Fsp3) is 0.286. The van der Waals surface area contributed by atoms with Crippen LogP contribution in [0.25, 0.3) is 5.65 Å². The van der Waals surface area contributed by atoms with Gasteiger partial charge in [0.15, 0.2) is 17.2 Å². The molecule has 21 heavy (non-hydrogen) atoms. The van der Waals surface area contributed by atoms with Crippen LogP contribution in [0.5, 0.6) is 0 Å². The molecular formula is C14H16N6O. The fourth-order valence-corrected chi connectivity index (χ4v) is 2.06. The Labute approximate surface area is 121 Å². The Kier molecular flexibility index (Phi) is 3.17. The maximum absolute atomic E-state index is 12.3. The Morgan fingerprint density at radius 3 is 2.86 bits per heavy atom. The molecule has 0 saturated heterocycles. The first kappa shape index (κ1) is 13.3. The van der Waals surface area contributed by atoms with Crippen molar-refractivity contribution in [2.75, 3.05) is 5.32 Å². The first-order valence-corrected chi connectivity index (χ1v) is 6.74. The summed E-state index contributed by atoms with van der Waals surface area (Å²) in [5, 5.41) is 11.3. The van der Waals surface area contributed by atoms with E-state index in [1.54, 1.807) is 28.4 Å². The zero-order valence-electron chi connectivity index (χ0n) is 12.2. The molecule has 1 N–H and O–H groups in total. The molecule has 0 spiro atoms. The maximum atomic E-state index is 12.3. The quantitative estimate of drug-likeness (QED) is 0.792. The van der Waals surface area contributed by atoms with Crippen LogP contribution in [0.1, 0.15) is 28.9 Å². The summed E-state index contributed by atoms with van der Waals surface area (Å²) in [5.41, 5.74) is 2.56. The molecule has 108 valence electrons. The van der Waals surface area contributed by atoms with Crippen LogP contribution in [-0.2, 0) is 13.5 Å². The number of hydrogen-bond acceptors (Lipinski definition) is 4. The summed E-state index contributed by atoms with van der Waals surface area (Å²) in [5.74, 6) is 0.484. The van der Waals surface area contributed by atoms with Gasteiger partial charge in [0.05, 0.1) is 5.69 Å². The van der Waals surface area contributed by atoms with Gasteiger partial charge in [-0.15, -0.1) is 0 Å². The highest BCUT2D eigenvalue weighted by Gasteiger charge is 2.14. The van der Waals surface area contributed by atoms with Crippen LogP contribution >= 0.6 is 0 Å². The van der Waals surface area contributed by atoms with Crippen LogP contribution in [-0.4, -0.2) is 30.3 Å². The molecule has 3 rings (SSSR count). The van der Waals surface area contributed by atoms with Crippen molar-refractivity contribution in [1.82, 2.24) is 24.4 Å². The van der Waals surface area contributed by atoms with Gasteiger partial charge in [0.2, 0.25) is 0 Å². The second-order valence-corrected chi connectivity index (χ2v) is 4.82. The maximum Gasteiger partial charge on any atom is 0.276 e. The predicted octanol–water partition coefficient (Wildman–Crippen LogP) is 1.59. The third-order valence-corrected chi connectivity index (χ3v) is 3.32. The van der Waals surface area contributed by atoms with Gasteiger partial charge in [-0.2, -0.15) is 10.2 Å². The summed E-state index contributed by atoms with van der Waals surface area (Å²) < 4.78 is 3.33. The van der Waals surface area contributed by atoms with Crippen LogP contribution in [0, 0.1) is 6.92 Å². The number of anilines is 1. The molecule has 3 aromatic heterocycles. The second-order valence-electron chi connectivity index (χ2n) is 4.82. The van der Waals surface area contributed by atoms with Gasteiger partial charge in [-0.25, -0.2) is 9.50 Å². The summed E-state index contributed by atoms with van der Waals surface area (Å²) >= 11 is 0. The molecule has 1 amide bonds. The molecule has 0 unspecified atom stereocenters. The second kappa shape index (κ2) is 5.01. The van der Waals surface area contributed by atoms with Crippen LogP contribution in [0.3, 0.4) is 0 Å². The van der Waals surface area contributed by atoms with E-state index in [4.69, 9.17) is 0 Å². The Hall–Kier alpha value is -2.70. The Balaban J connectivity index is 1.94. The van der Waals surface area contributed by atoms with E-state index < -0.39 is 0 Å². The summed E-state index contributed by atoms with van der Waals surface area (Å²) in [6, 6.07) is 5.37. The van der Waals surface area contributed by atoms with Gasteiger partial charge in [-0.1, -0.05) is 6.92 Å². The lowest BCUT2D eigenvalue weighted by molar-refractivity contribution is 0.102. The lowest BCUT2D eigenvalue weighted by Gasteiger charge is -2.03. The van der Waals surface area contributed by atoms with Gasteiger partial charge in [0, 0.05) is 25.4 Å². The van der Waals surface area contributed by atoms with Crippen molar-refractivity contribution >= 4 is 17.2 Å². The highest BCUT2D eigenvalue weighted by Crippen LogP contribution is 2.16. The van der Waals surface area contributed by atoms with Gasteiger partial charge < -0.3 is 5.32 Å². The minimum absolute atomic E-state index is 0.257. The minimum atomic E-state index is -0.257. The highest BCUT2D eigenvalue weighted by atomic mass is 16.2. The average Bonchev–Trinajstić information content (AvgIpc) is 3.03. The van der Waals surface area contributed by atoms with Crippen LogP contribution in [0.15, 0.2) is 24.4 Å². The summed E-state index contributed by atoms with van der Waals surface area (Å²) in [6.45, 7) is 3.89. The van der Waals surface area contributed by atoms with E-state index in [1.165, 1.54) is 0 Å². The van der Waals surface area contributed by atoms with Crippen LogP contribution in [0.4, 0.5) is 5.69 Å². The van der Waals surface area contributed by atoms with E-state index in [9.17, 15) is 4.79 Å². The van der Waals surface area contributed by atoms with Crippen molar-refractivity contribution < 1.29 is 4.79 Å². The van der Waals surface area contributed by atoms with E-state index in [0.717, 1.165) is 17.9 Å². The molecule has 7 heteroatoms. The molecule has 0 fully saturated rings. The van der Waals surface area contributed by atoms with Gasteiger partial charge >= 0.3 is 0 Å². The summed E-state index contributed by atoms with van der Waals surface area (Å²) in [6.07, 6.45) is 2.55. The minimum Gasteiger partial charge on any atom is -0.317 e. The third-order valence-electron chi connectivity index (χ3n) is 3.32. The molecule has 0 aliphatic rings. The zero-order valence-corrected chi connectivity index (χ0v) is 12.2. The van der Waals surface area contributed by atoms with Crippen molar-refractivity contribution in [2.45, 2.75) is 20.3 Å². The molecule has 0 aliphatic carbocycles. The molecule has 0 radical (unpaired) electrons. The highest BCUT2D eigenvalue weighted by molar-refractivity contribution is 6.04. The van der Waals surface area contributed by atoms with Crippen LogP contribution < -0.4 is 5.32 Å². The van der Waals surface area contributed by atoms with Crippen molar-refractivity contribution in [2.24, 2.45) is 7.05 Å². The van der Waals surface area contributed by atoms with Crippen molar-refractivity contribution in [3.05, 3.63) is 41.6 Å². The number of aryl methyl sites for hydroxylation is 3. The molecule has 0 aromatic carbocycles. The van der Waals surface area contributed by atoms with Crippen molar-refractivity contribution in [1.29, 1.82) is 0 Å². The number of aromatic nitrogens is 5. The molecule has 0 aliphatic heterocycles. The van der Waals surface area contributed by atoms with Crippen molar-refractivity contribution in [3.63, 3.8) is 0 Å². The number of carbonyl (C=O) groups excluding carboxylic acids is 1. The van der Waals surface area contributed by atoms with Gasteiger partial charge in [-0.05, 0) is 25.1 Å². The fourth-order valence-electron chi connectivity index (χ4n) is 2.06. The molecule has 0 atom stereocenters. The van der Waals surface area contributed by atoms with E-state index in [0.29, 0.717) is 17.0 Å². The normalized spacial score (nSPS) is 11.0. The molecular weight excluding hydrogens is 268 g/mol. The van der Waals surface area contributed by atoms with Gasteiger partial charge in [0.25, 0.3) is 5.91 Å². The first-order valence-electron chi connectivity index (χ1n) is 6.74. The standard InChI is InChI=1S/C14H16N6O/c1-4-12-16-13-10(6-5-7-20(13)18-12)15-14(21)11-8-9(2)19(3)17-11/h5-8H,4H2,1-3H3,(H,15,21). The summed E-state index contributed by atoms with van der Waals surface area (Å²) in [4.78, 5) is 16.7. The van der Waals surface area contributed by atoms with E-state index >= 15 is 0 Å². The molecule has 0 bridgehead atoms. The number of carbonyl (C=O) groups is 1. The number of hydrogen-bond donors (Lipinski definition) is 1. The lowest BCUT2D eigenvalue weighted by atomic mass is 10.3.